The highest BCUT2D eigenvalue weighted by Gasteiger charge is 2.36. The second-order valence-corrected chi connectivity index (χ2v) is 5.46. The van der Waals surface area contributed by atoms with E-state index in [2.05, 4.69) is 0 Å². The summed E-state index contributed by atoms with van der Waals surface area (Å²) in [6.45, 7) is 0. The van der Waals surface area contributed by atoms with Gasteiger partial charge < -0.3 is 0 Å². The molecule has 0 fully saturated rings. The Labute approximate surface area is 140 Å². The van der Waals surface area contributed by atoms with Gasteiger partial charge in [-0.2, -0.15) is 0 Å². The number of benzene rings is 2. The maximum absolute atomic E-state index is 12.4. The first-order chi connectivity index (χ1) is 10.9. The summed E-state index contributed by atoms with van der Waals surface area (Å²) in [5.41, 5.74) is 0.428. The van der Waals surface area contributed by atoms with Crippen LogP contribution in [0, 0.1) is 0 Å². The second kappa shape index (κ2) is 5.61. The van der Waals surface area contributed by atoms with Crippen molar-refractivity contribution in [2.24, 2.45) is 0 Å². The van der Waals surface area contributed by atoms with Crippen LogP contribution in [0.25, 0.3) is 0 Å². The Balaban J connectivity index is 2.12. The van der Waals surface area contributed by atoms with E-state index < -0.39 is 22.3 Å². The van der Waals surface area contributed by atoms with Crippen LogP contribution in [0.5, 0.6) is 0 Å². The monoisotopic (exact) mass is 347 g/mol. The number of carbonyl (C=O) groups is 4. The third kappa shape index (κ3) is 2.44. The van der Waals surface area contributed by atoms with Crippen molar-refractivity contribution >= 4 is 51.2 Å². The Bertz CT molecular complexity index is 856. The molecule has 1 aliphatic heterocycles. The van der Waals surface area contributed by atoms with Crippen molar-refractivity contribution in [1.82, 2.24) is 0 Å². The molecule has 0 bridgehead atoms. The number of fused-ring (bicyclic) bond motifs is 1. The van der Waals surface area contributed by atoms with E-state index in [1.54, 1.807) is 24.3 Å². The summed E-state index contributed by atoms with van der Waals surface area (Å²) >= 11 is 10.9. The predicted molar refractivity (Wildman–Crippen MR) is 84.4 cm³/mol. The van der Waals surface area contributed by atoms with Gasteiger partial charge in [0.1, 0.15) is 0 Å². The lowest BCUT2D eigenvalue weighted by molar-refractivity contribution is 0.0924. The van der Waals surface area contributed by atoms with Crippen molar-refractivity contribution in [3.05, 3.63) is 64.7 Å². The van der Waals surface area contributed by atoms with Gasteiger partial charge in [0, 0.05) is 11.1 Å². The molecule has 2 aromatic carbocycles. The van der Waals surface area contributed by atoms with E-state index in [-0.39, 0.29) is 27.9 Å². The highest BCUT2D eigenvalue weighted by molar-refractivity contribution is 6.72. The summed E-state index contributed by atoms with van der Waals surface area (Å²) in [6.07, 6.45) is 0. The predicted octanol–water partition coefficient (Wildman–Crippen LogP) is 3.25. The fourth-order valence-electron chi connectivity index (χ4n) is 2.43. The minimum Gasteiger partial charge on any atom is -0.276 e. The smallest absolute Gasteiger partial charge is 0.266 e. The molecule has 0 radical (unpaired) electrons. The maximum atomic E-state index is 12.4. The molecule has 2 aromatic rings. The largest absolute Gasteiger partial charge is 0.276 e. The van der Waals surface area contributed by atoms with Crippen molar-refractivity contribution in [2.45, 2.75) is 0 Å². The number of rotatable bonds is 3. The Hall–Kier alpha value is -2.50. The van der Waals surface area contributed by atoms with Gasteiger partial charge in [0.25, 0.3) is 22.3 Å². The third-order valence-electron chi connectivity index (χ3n) is 3.48. The molecule has 114 valence electrons. The van der Waals surface area contributed by atoms with E-state index in [0.29, 0.717) is 0 Å². The van der Waals surface area contributed by atoms with Crippen LogP contribution >= 0.6 is 23.2 Å². The molecule has 5 nitrogen and oxygen atoms in total. The Kier molecular flexibility index (Phi) is 3.75. The topological polar surface area (TPSA) is 71.5 Å². The molecule has 0 unspecified atom stereocenters. The zero-order chi connectivity index (χ0) is 16.7. The van der Waals surface area contributed by atoms with Crippen LogP contribution < -0.4 is 4.90 Å². The molecule has 0 saturated heterocycles. The quantitative estimate of drug-likeness (QED) is 0.631. The molecule has 0 aromatic heterocycles. The van der Waals surface area contributed by atoms with Gasteiger partial charge in [-0.15, -0.1) is 0 Å². The average molecular weight is 348 g/mol. The van der Waals surface area contributed by atoms with Crippen LogP contribution in [0.15, 0.2) is 42.5 Å². The van der Waals surface area contributed by atoms with E-state index in [1.165, 1.54) is 18.2 Å². The van der Waals surface area contributed by atoms with Gasteiger partial charge in [-0.25, -0.2) is 4.90 Å². The second-order valence-electron chi connectivity index (χ2n) is 4.77. The molecule has 23 heavy (non-hydrogen) atoms. The minimum absolute atomic E-state index is 0.0907. The molecule has 0 aliphatic carbocycles. The fraction of sp³-hybridized carbons (Fsp3) is 0. The van der Waals surface area contributed by atoms with Gasteiger partial charge in [0.15, 0.2) is 0 Å². The van der Waals surface area contributed by atoms with Gasteiger partial charge in [-0.1, -0.05) is 12.1 Å². The zero-order valence-corrected chi connectivity index (χ0v) is 12.9. The number of amides is 2. The first-order valence-electron chi connectivity index (χ1n) is 6.43. The number of hydrogen-bond acceptors (Lipinski definition) is 4. The van der Waals surface area contributed by atoms with Crippen molar-refractivity contribution in [1.29, 1.82) is 0 Å². The number of carbonyl (C=O) groups excluding carboxylic acids is 4. The standard InChI is InChI=1S/C16H7Cl2NO4/c17-13(20)9-6-5-8(7-12(9)14(18)21)19-15(22)10-3-1-2-4-11(10)16(19)23/h1-7H. The molecular weight excluding hydrogens is 341 g/mol. The molecule has 0 N–H and O–H groups in total. The van der Waals surface area contributed by atoms with Crippen LogP contribution in [-0.4, -0.2) is 22.3 Å². The van der Waals surface area contributed by atoms with Gasteiger partial charge in [-0.05, 0) is 53.5 Å². The molecule has 0 spiro atoms. The van der Waals surface area contributed by atoms with Crippen LogP contribution in [-0.2, 0) is 0 Å². The lowest BCUT2D eigenvalue weighted by atomic mass is 10.1. The van der Waals surface area contributed by atoms with E-state index in [1.807, 2.05) is 0 Å². The molecule has 1 heterocycles. The molecule has 1 aliphatic rings. The Morgan fingerprint density at radius 3 is 1.78 bits per heavy atom. The number of halogens is 2. The minimum atomic E-state index is -0.910. The van der Waals surface area contributed by atoms with Gasteiger partial charge in [0.05, 0.1) is 16.8 Å². The van der Waals surface area contributed by atoms with Crippen molar-refractivity contribution in [3.63, 3.8) is 0 Å². The van der Waals surface area contributed by atoms with Crippen molar-refractivity contribution in [3.8, 4) is 0 Å². The first kappa shape index (κ1) is 15.4. The molecule has 3 rings (SSSR count). The van der Waals surface area contributed by atoms with Gasteiger partial charge in [0.2, 0.25) is 0 Å². The van der Waals surface area contributed by atoms with Gasteiger partial charge >= 0.3 is 0 Å². The summed E-state index contributed by atoms with van der Waals surface area (Å²) in [7, 11) is 0. The highest BCUT2D eigenvalue weighted by atomic mass is 35.5. The van der Waals surface area contributed by atoms with Crippen LogP contribution in [0.4, 0.5) is 5.69 Å². The molecule has 0 atom stereocenters. The summed E-state index contributed by atoms with van der Waals surface area (Å²) in [5, 5.41) is -1.77. The van der Waals surface area contributed by atoms with E-state index in [9.17, 15) is 19.2 Å². The molecule has 0 saturated carbocycles. The molecule has 7 heteroatoms. The normalized spacial score (nSPS) is 13.2. The number of hydrogen-bond donors (Lipinski definition) is 0. The van der Waals surface area contributed by atoms with Crippen LogP contribution in [0.3, 0.4) is 0 Å². The van der Waals surface area contributed by atoms with Crippen LogP contribution in [0.2, 0.25) is 0 Å². The van der Waals surface area contributed by atoms with Crippen molar-refractivity contribution in [2.75, 3.05) is 4.90 Å². The summed E-state index contributed by atoms with van der Waals surface area (Å²) in [4.78, 5) is 48.5. The van der Waals surface area contributed by atoms with Crippen molar-refractivity contribution < 1.29 is 19.2 Å². The number of nitrogens with zero attached hydrogens (tertiary/aromatic N) is 1. The average Bonchev–Trinajstić information content (AvgIpc) is 2.78. The molecular formula is C16H7Cl2NO4. The lowest BCUT2D eigenvalue weighted by Crippen LogP contribution is -2.29. The summed E-state index contributed by atoms with van der Waals surface area (Å²) in [5.74, 6) is -1.02. The molecule has 2 amide bonds. The van der Waals surface area contributed by atoms with E-state index >= 15 is 0 Å². The van der Waals surface area contributed by atoms with Crippen LogP contribution in [0.1, 0.15) is 41.4 Å². The number of anilines is 1. The summed E-state index contributed by atoms with van der Waals surface area (Å²) < 4.78 is 0. The number of imide groups is 1. The highest BCUT2D eigenvalue weighted by Crippen LogP contribution is 2.30. The Morgan fingerprint density at radius 2 is 1.30 bits per heavy atom. The first-order valence-corrected chi connectivity index (χ1v) is 7.19. The SMILES string of the molecule is O=C(Cl)c1ccc(N2C(=O)c3ccccc3C2=O)cc1C(=O)Cl. The van der Waals surface area contributed by atoms with Gasteiger partial charge in [-0.3, -0.25) is 19.2 Å². The fourth-order valence-corrected chi connectivity index (χ4v) is 2.75. The zero-order valence-electron chi connectivity index (χ0n) is 11.4. The van der Waals surface area contributed by atoms with E-state index in [4.69, 9.17) is 23.2 Å². The summed E-state index contributed by atoms with van der Waals surface area (Å²) in [6, 6.07) is 10.2. The van der Waals surface area contributed by atoms with E-state index in [0.717, 1.165) is 4.90 Å². The Morgan fingerprint density at radius 1 is 0.783 bits per heavy atom. The maximum Gasteiger partial charge on any atom is 0.266 e. The lowest BCUT2D eigenvalue weighted by Gasteiger charge is -2.15. The third-order valence-corrected chi connectivity index (χ3v) is 3.89.